The first-order valence-electron chi connectivity index (χ1n) is 5.10. The minimum absolute atomic E-state index is 0.313. The van der Waals surface area contributed by atoms with E-state index in [1.807, 2.05) is 6.07 Å². The molecule has 1 aromatic carbocycles. The maximum absolute atomic E-state index is 13.0. The zero-order valence-electron chi connectivity index (χ0n) is 8.92. The number of nitrogens with one attached hydrogen (secondary N) is 1. The first kappa shape index (κ1) is 11.6. The number of aromatic amines is 1. The maximum Gasteiger partial charge on any atom is 0.178 e. The summed E-state index contributed by atoms with van der Waals surface area (Å²) >= 11 is 9.33. The minimum atomic E-state index is -0.374. The Kier molecular flexibility index (Phi) is 2.80. The van der Waals surface area contributed by atoms with Crippen molar-refractivity contribution in [2.75, 3.05) is 0 Å². The van der Waals surface area contributed by atoms with Gasteiger partial charge in [0.15, 0.2) is 5.65 Å². The van der Waals surface area contributed by atoms with Crippen LogP contribution in [0.3, 0.4) is 0 Å². The average molecular weight is 327 g/mol. The lowest BCUT2D eigenvalue weighted by atomic mass is 10.2. The van der Waals surface area contributed by atoms with Gasteiger partial charge in [-0.25, -0.2) is 14.4 Å². The predicted octanol–water partition coefficient (Wildman–Crippen LogP) is 4.18. The van der Waals surface area contributed by atoms with E-state index in [9.17, 15) is 4.39 Å². The maximum atomic E-state index is 13.0. The normalized spacial score (nSPS) is 11.1. The lowest BCUT2D eigenvalue weighted by Gasteiger charge is -1.99. The molecule has 18 heavy (non-hydrogen) atoms. The number of aromatic nitrogens is 3. The van der Waals surface area contributed by atoms with Gasteiger partial charge in [0, 0.05) is 16.2 Å². The molecule has 90 valence electrons. The molecule has 0 aliphatic carbocycles. The summed E-state index contributed by atoms with van der Waals surface area (Å²) in [6.07, 6.45) is 1.67. The fourth-order valence-electron chi connectivity index (χ4n) is 1.68. The summed E-state index contributed by atoms with van der Waals surface area (Å²) in [7, 11) is 0. The van der Waals surface area contributed by atoms with E-state index in [4.69, 9.17) is 11.6 Å². The number of imidazole rings is 1. The summed E-state index contributed by atoms with van der Waals surface area (Å²) in [5, 5.41) is 0.313. The Morgan fingerprint density at radius 1 is 1.28 bits per heavy atom. The minimum Gasteiger partial charge on any atom is -0.336 e. The summed E-state index contributed by atoms with van der Waals surface area (Å²) in [5.41, 5.74) is 2.03. The predicted molar refractivity (Wildman–Crippen MR) is 72.0 cm³/mol. The molecule has 0 bridgehead atoms. The van der Waals surface area contributed by atoms with Crippen molar-refractivity contribution < 1.29 is 4.39 Å². The van der Waals surface area contributed by atoms with Crippen LogP contribution >= 0.6 is 27.5 Å². The molecular formula is C12H6BrClFN3. The van der Waals surface area contributed by atoms with E-state index in [2.05, 4.69) is 30.9 Å². The SMILES string of the molecule is Fc1ccc(-c2nc3ncc(Br)cc3[nH]2)c(Cl)c1. The Balaban J connectivity index is 2.19. The number of H-pyrrole nitrogens is 1. The molecule has 0 aliphatic rings. The third-order valence-corrected chi connectivity index (χ3v) is 3.24. The van der Waals surface area contributed by atoms with Gasteiger partial charge in [-0.1, -0.05) is 11.6 Å². The van der Waals surface area contributed by atoms with E-state index in [1.54, 1.807) is 12.3 Å². The van der Waals surface area contributed by atoms with Crippen molar-refractivity contribution >= 4 is 38.7 Å². The monoisotopic (exact) mass is 325 g/mol. The number of benzene rings is 1. The second kappa shape index (κ2) is 4.33. The molecule has 2 aromatic heterocycles. The zero-order valence-corrected chi connectivity index (χ0v) is 11.3. The largest absolute Gasteiger partial charge is 0.336 e. The van der Waals surface area contributed by atoms with Gasteiger partial charge < -0.3 is 4.98 Å². The van der Waals surface area contributed by atoms with Gasteiger partial charge >= 0.3 is 0 Å². The van der Waals surface area contributed by atoms with Gasteiger partial charge in [-0.3, -0.25) is 0 Å². The van der Waals surface area contributed by atoms with Crippen LogP contribution in [0.25, 0.3) is 22.6 Å². The van der Waals surface area contributed by atoms with Crippen LogP contribution in [-0.2, 0) is 0 Å². The van der Waals surface area contributed by atoms with Gasteiger partial charge in [-0.05, 0) is 40.2 Å². The average Bonchev–Trinajstić information content (AvgIpc) is 2.71. The highest BCUT2D eigenvalue weighted by Crippen LogP contribution is 2.28. The fourth-order valence-corrected chi connectivity index (χ4v) is 2.27. The number of nitrogens with zero attached hydrogens (tertiary/aromatic N) is 2. The molecule has 1 N–H and O–H groups in total. The Morgan fingerprint density at radius 2 is 2.11 bits per heavy atom. The number of pyridine rings is 1. The van der Waals surface area contributed by atoms with Crippen LogP contribution in [-0.4, -0.2) is 15.0 Å². The van der Waals surface area contributed by atoms with Gasteiger partial charge in [0.1, 0.15) is 11.6 Å². The van der Waals surface area contributed by atoms with Gasteiger partial charge in [0.2, 0.25) is 0 Å². The van der Waals surface area contributed by atoms with Crippen molar-refractivity contribution in [2.45, 2.75) is 0 Å². The van der Waals surface area contributed by atoms with Crippen LogP contribution in [0.5, 0.6) is 0 Å². The number of hydrogen-bond donors (Lipinski definition) is 1. The molecule has 3 aromatic rings. The summed E-state index contributed by atoms with van der Waals surface area (Å²) in [5.74, 6) is 0.196. The van der Waals surface area contributed by atoms with Gasteiger partial charge in [0.25, 0.3) is 0 Å². The molecule has 0 aliphatic heterocycles. The Labute approximate surface area is 115 Å². The second-order valence-electron chi connectivity index (χ2n) is 3.73. The second-order valence-corrected chi connectivity index (χ2v) is 5.06. The lowest BCUT2D eigenvalue weighted by molar-refractivity contribution is 0.628. The number of hydrogen-bond acceptors (Lipinski definition) is 2. The summed E-state index contributed by atoms with van der Waals surface area (Å²) in [4.78, 5) is 11.6. The van der Waals surface area contributed by atoms with Crippen LogP contribution in [0.2, 0.25) is 5.02 Å². The van der Waals surface area contributed by atoms with E-state index < -0.39 is 0 Å². The van der Waals surface area contributed by atoms with Crippen LogP contribution < -0.4 is 0 Å². The third kappa shape index (κ3) is 2.00. The number of fused-ring (bicyclic) bond motifs is 1. The van der Waals surface area contributed by atoms with Crippen molar-refractivity contribution in [3.8, 4) is 11.4 Å². The van der Waals surface area contributed by atoms with Crippen molar-refractivity contribution in [3.63, 3.8) is 0 Å². The molecule has 0 fully saturated rings. The molecule has 6 heteroatoms. The first-order chi connectivity index (χ1) is 8.63. The molecule has 0 amide bonds. The standard InChI is InChI=1S/C12H6BrClFN3/c13-6-3-10-12(16-5-6)18-11(17-10)8-2-1-7(15)4-9(8)14/h1-5H,(H,16,17,18). The van der Waals surface area contributed by atoms with Crippen molar-refractivity contribution in [1.82, 2.24) is 15.0 Å². The zero-order chi connectivity index (χ0) is 12.7. The molecule has 3 rings (SSSR count). The van der Waals surface area contributed by atoms with E-state index in [0.717, 1.165) is 9.99 Å². The van der Waals surface area contributed by atoms with E-state index in [1.165, 1.54) is 12.1 Å². The van der Waals surface area contributed by atoms with Crippen molar-refractivity contribution in [1.29, 1.82) is 0 Å². The molecule has 0 radical (unpaired) electrons. The molecule has 0 unspecified atom stereocenters. The molecule has 2 heterocycles. The highest BCUT2D eigenvalue weighted by molar-refractivity contribution is 9.10. The van der Waals surface area contributed by atoms with Gasteiger partial charge in [-0.15, -0.1) is 0 Å². The summed E-state index contributed by atoms with van der Waals surface area (Å²) in [6.45, 7) is 0. The van der Waals surface area contributed by atoms with Gasteiger partial charge in [0.05, 0.1) is 10.5 Å². The van der Waals surface area contributed by atoms with E-state index in [-0.39, 0.29) is 5.82 Å². The number of halogens is 3. The fraction of sp³-hybridized carbons (Fsp3) is 0. The van der Waals surface area contributed by atoms with Crippen LogP contribution in [0.4, 0.5) is 4.39 Å². The molecule has 3 nitrogen and oxygen atoms in total. The van der Waals surface area contributed by atoms with Crippen molar-refractivity contribution in [3.05, 3.63) is 45.8 Å². The molecule has 0 saturated carbocycles. The molecule has 0 atom stereocenters. The van der Waals surface area contributed by atoms with Crippen LogP contribution in [0.15, 0.2) is 34.9 Å². The quantitative estimate of drug-likeness (QED) is 0.729. The number of rotatable bonds is 1. The topological polar surface area (TPSA) is 41.6 Å². The van der Waals surface area contributed by atoms with Crippen LogP contribution in [0.1, 0.15) is 0 Å². The van der Waals surface area contributed by atoms with Crippen LogP contribution in [0, 0.1) is 5.82 Å². The molecular weight excluding hydrogens is 321 g/mol. The highest BCUT2D eigenvalue weighted by Gasteiger charge is 2.10. The Hall–Kier alpha value is -1.46. The Morgan fingerprint density at radius 3 is 2.89 bits per heavy atom. The molecule has 0 saturated heterocycles. The van der Waals surface area contributed by atoms with Crippen molar-refractivity contribution in [2.24, 2.45) is 0 Å². The first-order valence-corrected chi connectivity index (χ1v) is 6.27. The molecule has 0 spiro atoms. The van der Waals surface area contributed by atoms with E-state index in [0.29, 0.717) is 22.1 Å². The highest BCUT2D eigenvalue weighted by atomic mass is 79.9. The van der Waals surface area contributed by atoms with Gasteiger partial charge in [-0.2, -0.15) is 0 Å². The lowest BCUT2D eigenvalue weighted by Crippen LogP contribution is -1.83. The Bertz CT molecular complexity index is 741. The summed E-state index contributed by atoms with van der Waals surface area (Å²) in [6, 6.07) is 6.06. The smallest absolute Gasteiger partial charge is 0.178 e. The third-order valence-electron chi connectivity index (χ3n) is 2.49. The summed E-state index contributed by atoms with van der Waals surface area (Å²) < 4.78 is 13.8. The van der Waals surface area contributed by atoms with E-state index >= 15 is 0 Å².